The second kappa shape index (κ2) is 7.29. The van der Waals surface area contributed by atoms with Crippen molar-refractivity contribution in [2.24, 2.45) is 10.8 Å². The van der Waals surface area contributed by atoms with Gasteiger partial charge in [0.25, 0.3) is 0 Å². The molecule has 0 radical (unpaired) electrons. The van der Waals surface area contributed by atoms with Crippen LogP contribution in [0.25, 0.3) is 0 Å². The van der Waals surface area contributed by atoms with Gasteiger partial charge in [-0.15, -0.1) is 0 Å². The van der Waals surface area contributed by atoms with Crippen molar-refractivity contribution < 1.29 is 0 Å². The van der Waals surface area contributed by atoms with Crippen LogP contribution in [0.5, 0.6) is 0 Å². The molecule has 0 saturated carbocycles. The van der Waals surface area contributed by atoms with Gasteiger partial charge in [0.1, 0.15) is 12.5 Å². The second-order valence-corrected chi connectivity index (χ2v) is 5.84. The van der Waals surface area contributed by atoms with Crippen LogP contribution in [0.2, 0.25) is 0 Å². The first kappa shape index (κ1) is 15.6. The topological polar surface area (TPSA) is 44.9 Å². The van der Waals surface area contributed by atoms with Crippen LogP contribution in [0.3, 0.4) is 0 Å². The van der Waals surface area contributed by atoms with E-state index in [9.17, 15) is 0 Å². The van der Waals surface area contributed by atoms with E-state index >= 15 is 0 Å². The smallest absolute Gasteiger partial charge is 0.148 e. The van der Waals surface area contributed by atoms with Gasteiger partial charge in [-0.2, -0.15) is 5.10 Å². The molecule has 1 aliphatic rings. The van der Waals surface area contributed by atoms with Gasteiger partial charge < -0.3 is 10.6 Å². The summed E-state index contributed by atoms with van der Waals surface area (Å²) >= 11 is 0. The highest BCUT2D eigenvalue weighted by Crippen LogP contribution is 2.21. The average molecular weight is 308 g/mol. The number of hydrazone groups is 1. The van der Waals surface area contributed by atoms with Crippen molar-refractivity contribution in [2.45, 2.75) is 25.8 Å². The summed E-state index contributed by atoms with van der Waals surface area (Å²) < 4.78 is 0. The SMILES string of the molecule is CCC(N)C1=NN(CCc2ccccc2)CN1c1ccccc1. The minimum absolute atomic E-state index is 0.0306. The van der Waals surface area contributed by atoms with Gasteiger partial charge in [0.15, 0.2) is 0 Å². The summed E-state index contributed by atoms with van der Waals surface area (Å²) in [7, 11) is 0. The second-order valence-electron chi connectivity index (χ2n) is 5.84. The van der Waals surface area contributed by atoms with Crippen LogP contribution in [0.4, 0.5) is 5.69 Å². The average Bonchev–Trinajstić information content (AvgIpc) is 3.05. The van der Waals surface area contributed by atoms with E-state index in [1.807, 2.05) is 12.1 Å². The number of hydrogen-bond acceptors (Lipinski definition) is 4. The van der Waals surface area contributed by atoms with Crippen LogP contribution in [-0.4, -0.2) is 30.1 Å². The van der Waals surface area contributed by atoms with E-state index in [1.54, 1.807) is 0 Å². The van der Waals surface area contributed by atoms with Crippen molar-refractivity contribution in [1.29, 1.82) is 0 Å². The molecule has 120 valence electrons. The zero-order valence-electron chi connectivity index (χ0n) is 13.6. The number of rotatable bonds is 6. The van der Waals surface area contributed by atoms with Crippen molar-refractivity contribution in [2.75, 3.05) is 18.1 Å². The summed E-state index contributed by atoms with van der Waals surface area (Å²) in [4.78, 5) is 2.22. The number of benzene rings is 2. The van der Waals surface area contributed by atoms with E-state index in [2.05, 4.69) is 65.4 Å². The molecule has 4 nitrogen and oxygen atoms in total. The van der Waals surface area contributed by atoms with Crippen LogP contribution >= 0.6 is 0 Å². The van der Waals surface area contributed by atoms with Crippen molar-refractivity contribution in [3.05, 3.63) is 66.2 Å². The van der Waals surface area contributed by atoms with Gasteiger partial charge in [-0.1, -0.05) is 55.5 Å². The Kier molecular flexibility index (Phi) is 4.93. The third kappa shape index (κ3) is 3.71. The molecule has 1 unspecified atom stereocenters. The molecule has 0 amide bonds. The largest absolute Gasteiger partial charge is 0.321 e. The third-order valence-electron chi connectivity index (χ3n) is 4.17. The number of amidine groups is 1. The lowest BCUT2D eigenvalue weighted by Gasteiger charge is -2.23. The first-order chi connectivity index (χ1) is 11.3. The molecule has 1 aliphatic heterocycles. The Morgan fingerprint density at radius 2 is 1.70 bits per heavy atom. The quantitative estimate of drug-likeness (QED) is 0.892. The lowest BCUT2D eigenvalue weighted by molar-refractivity contribution is 0.322. The molecular formula is C19H24N4. The first-order valence-corrected chi connectivity index (χ1v) is 8.23. The molecule has 2 aromatic rings. The van der Waals surface area contributed by atoms with Crippen molar-refractivity contribution >= 4 is 11.5 Å². The normalized spacial score (nSPS) is 15.7. The van der Waals surface area contributed by atoms with Crippen LogP contribution < -0.4 is 10.6 Å². The number of nitrogens with two attached hydrogens (primary N) is 1. The van der Waals surface area contributed by atoms with Crippen molar-refractivity contribution in [1.82, 2.24) is 5.01 Å². The molecule has 0 bridgehead atoms. The van der Waals surface area contributed by atoms with E-state index in [4.69, 9.17) is 10.8 Å². The Morgan fingerprint density at radius 3 is 2.35 bits per heavy atom. The highest BCUT2D eigenvalue weighted by atomic mass is 15.6. The van der Waals surface area contributed by atoms with Gasteiger partial charge in [0.05, 0.1) is 6.04 Å². The van der Waals surface area contributed by atoms with Crippen LogP contribution in [0, 0.1) is 0 Å². The Hall–Kier alpha value is -2.33. The summed E-state index contributed by atoms with van der Waals surface area (Å²) in [6.07, 6.45) is 1.87. The van der Waals surface area contributed by atoms with Gasteiger partial charge in [0, 0.05) is 12.2 Å². The summed E-state index contributed by atoms with van der Waals surface area (Å²) in [6, 6.07) is 20.9. The molecule has 0 aliphatic carbocycles. The predicted octanol–water partition coefficient (Wildman–Crippen LogP) is 3.06. The molecule has 2 aromatic carbocycles. The maximum absolute atomic E-state index is 6.28. The molecule has 2 N–H and O–H groups in total. The van der Waals surface area contributed by atoms with Gasteiger partial charge >= 0.3 is 0 Å². The molecule has 23 heavy (non-hydrogen) atoms. The first-order valence-electron chi connectivity index (χ1n) is 8.23. The fourth-order valence-electron chi connectivity index (χ4n) is 2.77. The molecule has 0 spiro atoms. The molecule has 1 heterocycles. The summed E-state index contributed by atoms with van der Waals surface area (Å²) in [5.74, 6) is 0.965. The predicted molar refractivity (Wildman–Crippen MR) is 96.3 cm³/mol. The lowest BCUT2D eigenvalue weighted by atomic mass is 10.1. The molecular weight excluding hydrogens is 284 g/mol. The number of para-hydroxylation sites is 1. The number of anilines is 1. The van der Waals surface area contributed by atoms with Gasteiger partial charge in [-0.25, -0.2) is 0 Å². The van der Waals surface area contributed by atoms with Gasteiger partial charge in [-0.3, -0.25) is 5.01 Å². The summed E-state index contributed by atoms with van der Waals surface area (Å²) in [5.41, 5.74) is 8.76. The van der Waals surface area contributed by atoms with E-state index in [0.717, 1.165) is 37.6 Å². The Labute approximate surface area is 138 Å². The molecule has 0 aromatic heterocycles. The highest BCUT2D eigenvalue weighted by Gasteiger charge is 2.27. The van der Waals surface area contributed by atoms with E-state index in [1.165, 1.54) is 5.56 Å². The number of nitrogens with zero attached hydrogens (tertiary/aromatic N) is 3. The van der Waals surface area contributed by atoms with E-state index in [-0.39, 0.29) is 6.04 Å². The zero-order valence-corrected chi connectivity index (χ0v) is 13.6. The molecule has 3 rings (SSSR count). The van der Waals surface area contributed by atoms with Crippen LogP contribution in [0.1, 0.15) is 18.9 Å². The standard InChI is InChI=1S/C19H24N4/c1-2-18(20)19-21-22(14-13-16-9-5-3-6-10-16)15-23(19)17-11-7-4-8-12-17/h3-12,18H,2,13-15,20H2,1H3. The summed E-state index contributed by atoms with van der Waals surface area (Å²) in [5, 5.41) is 6.90. The fraction of sp³-hybridized carbons (Fsp3) is 0.316. The van der Waals surface area contributed by atoms with E-state index < -0.39 is 0 Å². The third-order valence-corrected chi connectivity index (χ3v) is 4.17. The lowest BCUT2D eigenvalue weighted by Crippen LogP contribution is -2.41. The van der Waals surface area contributed by atoms with Crippen LogP contribution in [-0.2, 0) is 6.42 Å². The van der Waals surface area contributed by atoms with Crippen LogP contribution in [0.15, 0.2) is 65.8 Å². The Morgan fingerprint density at radius 1 is 1.04 bits per heavy atom. The molecule has 4 heteroatoms. The van der Waals surface area contributed by atoms with E-state index in [0.29, 0.717) is 0 Å². The van der Waals surface area contributed by atoms with Crippen molar-refractivity contribution in [3.8, 4) is 0 Å². The Balaban J connectivity index is 1.72. The summed E-state index contributed by atoms with van der Waals surface area (Å²) in [6.45, 7) is 3.76. The zero-order chi connectivity index (χ0) is 16.1. The highest BCUT2D eigenvalue weighted by molar-refractivity contribution is 6.02. The number of hydrogen-bond donors (Lipinski definition) is 1. The minimum Gasteiger partial charge on any atom is -0.321 e. The monoisotopic (exact) mass is 308 g/mol. The fourth-order valence-corrected chi connectivity index (χ4v) is 2.77. The van der Waals surface area contributed by atoms with Gasteiger partial charge in [-0.05, 0) is 30.5 Å². The molecule has 1 atom stereocenters. The maximum atomic E-state index is 6.28. The minimum atomic E-state index is -0.0306. The van der Waals surface area contributed by atoms with Gasteiger partial charge in [0.2, 0.25) is 0 Å². The molecule has 0 fully saturated rings. The molecule has 0 saturated heterocycles. The maximum Gasteiger partial charge on any atom is 0.148 e. The Bertz CT molecular complexity index is 639. The van der Waals surface area contributed by atoms with Crippen molar-refractivity contribution in [3.63, 3.8) is 0 Å².